The van der Waals surface area contributed by atoms with E-state index in [0.29, 0.717) is 26.1 Å². The highest BCUT2D eigenvalue weighted by atomic mass is 32.2. The van der Waals surface area contributed by atoms with Gasteiger partial charge in [-0.1, -0.05) is 42.3 Å². The molecule has 31 heavy (non-hydrogen) atoms. The van der Waals surface area contributed by atoms with E-state index in [1.54, 1.807) is 24.3 Å². The zero-order chi connectivity index (χ0) is 21.6. The average molecular weight is 438 g/mol. The van der Waals surface area contributed by atoms with Gasteiger partial charge in [-0.2, -0.15) is 4.31 Å². The zero-order valence-electron chi connectivity index (χ0n) is 17.7. The van der Waals surface area contributed by atoms with Gasteiger partial charge in [-0.25, -0.2) is 8.42 Å². The van der Waals surface area contributed by atoms with E-state index in [-0.39, 0.29) is 10.8 Å². The number of fused-ring (bicyclic) bond motifs is 3. The predicted molar refractivity (Wildman–Crippen MR) is 120 cm³/mol. The molecule has 1 N–H and O–H groups in total. The first-order valence-corrected chi connectivity index (χ1v) is 12.3. The predicted octanol–water partition coefficient (Wildman–Crippen LogP) is 3.60. The Hall–Kier alpha value is -2.64. The molecule has 7 heteroatoms. The SMILES string of the molecule is Cc1ccc(S(=O)(=O)N2CCCC[C@H]2C(=O)N2CCc3[nH]c4ccccc4c3C2)cc1. The molecule has 3 heterocycles. The smallest absolute Gasteiger partial charge is 0.243 e. The second kappa shape index (κ2) is 7.80. The molecule has 1 aromatic heterocycles. The number of nitrogens with one attached hydrogen (secondary N) is 1. The summed E-state index contributed by atoms with van der Waals surface area (Å²) in [5, 5.41) is 1.14. The number of benzene rings is 2. The van der Waals surface area contributed by atoms with Crippen molar-refractivity contribution in [3.63, 3.8) is 0 Å². The molecular weight excluding hydrogens is 410 g/mol. The van der Waals surface area contributed by atoms with Crippen LogP contribution < -0.4 is 0 Å². The van der Waals surface area contributed by atoms with Crippen LogP contribution in [0.25, 0.3) is 10.9 Å². The number of aromatic nitrogens is 1. The maximum absolute atomic E-state index is 13.6. The number of piperidine rings is 1. The molecule has 5 rings (SSSR count). The summed E-state index contributed by atoms with van der Waals surface area (Å²) in [4.78, 5) is 19.1. The van der Waals surface area contributed by atoms with Gasteiger partial charge in [-0.3, -0.25) is 4.79 Å². The van der Waals surface area contributed by atoms with E-state index < -0.39 is 16.1 Å². The zero-order valence-corrected chi connectivity index (χ0v) is 18.5. The van der Waals surface area contributed by atoms with Crippen molar-refractivity contribution in [2.75, 3.05) is 13.1 Å². The molecule has 1 saturated heterocycles. The molecule has 2 aliphatic rings. The molecule has 0 radical (unpaired) electrons. The highest BCUT2D eigenvalue weighted by Crippen LogP contribution is 2.31. The Morgan fingerprint density at radius 1 is 1.03 bits per heavy atom. The van der Waals surface area contributed by atoms with Crippen LogP contribution in [0.5, 0.6) is 0 Å². The minimum atomic E-state index is -3.72. The monoisotopic (exact) mass is 437 g/mol. The van der Waals surface area contributed by atoms with Crippen molar-refractivity contribution in [1.29, 1.82) is 0 Å². The van der Waals surface area contributed by atoms with E-state index in [2.05, 4.69) is 17.1 Å². The third-order valence-corrected chi connectivity index (χ3v) is 8.48. The van der Waals surface area contributed by atoms with Gasteiger partial charge in [0.15, 0.2) is 0 Å². The summed E-state index contributed by atoms with van der Waals surface area (Å²) in [5.41, 5.74) is 4.42. The van der Waals surface area contributed by atoms with Crippen molar-refractivity contribution in [2.45, 2.75) is 50.1 Å². The van der Waals surface area contributed by atoms with Crippen LogP contribution in [0.4, 0.5) is 0 Å². The molecule has 0 unspecified atom stereocenters. The molecule has 0 aliphatic carbocycles. The lowest BCUT2D eigenvalue weighted by atomic mass is 10.0. The van der Waals surface area contributed by atoms with Crippen molar-refractivity contribution in [3.8, 4) is 0 Å². The van der Waals surface area contributed by atoms with Crippen molar-refractivity contribution in [1.82, 2.24) is 14.2 Å². The van der Waals surface area contributed by atoms with E-state index in [1.165, 1.54) is 10.00 Å². The molecule has 1 atom stereocenters. The van der Waals surface area contributed by atoms with E-state index in [4.69, 9.17) is 0 Å². The molecule has 6 nitrogen and oxygen atoms in total. The van der Waals surface area contributed by atoms with Crippen LogP contribution in [0.2, 0.25) is 0 Å². The third-order valence-electron chi connectivity index (χ3n) is 6.56. The number of hydrogen-bond acceptors (Lipinski definition) is 3. The fourth-order valence-electron chi connectivity index (χ4n) is 4.85. The molecule has 3 aromatic rings. The Morgan fingerprint density at radius 2 is 1.81 bits per heavy atom. The van der Waals surface area contributed by atoms with Gasteiger partial charge in [0.25, 0.3) is 0 Å². The summed E-state index contributed by atoms with van der Waals surface area (Å²) in [6.45, 7) is 3.44. The number of nitrogens with zero attached hydrogens (tertiary/aromatic N) is 2. The largest absolute Gasteiger partial charge is 0.358 e. The summed E-state index contributed by atoms with van der Waals surface area (Å²) >= 11 is 0. The fraction of sp³-hybridized carbons (Fsp3) is 0.375. The summed E-state index contributed by atoms with van der Waals surface area (Å²) in [6.07, 6.45) is 2.97. The second-order valence-electron chi connectivity index (χ2n) is 8.58. The molecule has 2 aliphatic heterocycles. The molecule has 0 spiro atoms. The molecule has 1 fully saturated rings. The van der Waals surface area contributed by atoms with Crippen molar-refractivity contribution in [3.05, 3.63) is 65.4 Å². The van der Waals surface area contributed by atoms with Crippen molar-refractivity contribution >= 4 is 26.8 Å². The van der Waals surface area contributed by atoms with Crippen molar-refractivity contribution in [2.24, 2.45) is 0 Å². The molecule has 1 amide bonds. The van der Waals surface area contributed by atoms with Crippen LogP contribution in [0, 0.1) is 6.92 Å². The maximum atomic E-state index is 13.6. The number of amides is 1. The van der Waals surface area contributed by atoms with E-state index in [0.717, 1.165) is 41.3 Å². The lowest BCUT2D eigenvalue weighted by Gasteiger charge is -2.38. The van der Waals surface area contributed by atoms with Crippen LogP contribution in [0.3, 0.4) is 0 Å². The van der Waals surface area contributed by atoms with Crippen LogP contribution in [0.15, 0.2) is 53.4 Å². The van der Waals surface area contributed by atoms with Gasteiger partial charge in [0.05, 0.1) is 4.90 Å². The first-order chi connectivity index (χ1) is 14.9. The van der Waals surface area contributed by atoms with Gasteiger partial charge >= 0.3 is 0 Å². The summed E-state index contributed by atoms with van der Waals surface area (Å²) in [7, 11) is -3.72. The second-order valence-corrected chi connectivity index (χ2v) is 10.5. The van der Waals surface area contributed by atoms with Crippen LogP contribution in [-0.4, -0.2) is 47.6 Å². The van der Waals surface area contributed by atoms with Crippen LogP contribution in [0.1, 0.15) is 36.1 Å². The number of carbonyl (C=O) groups excluding carboxylic acids is 1. The summed E-state index contributed by atoms with van der Waals surface area (Å²) < 4.78 is 28.2. The number of sulfonamides is 1. The third kappa shape index (κ3) is 3.55. The quantitative estimate of drug-likeness (QED) is 0.680. The van der Waals surface area contributed by atoms with Gasteiger partial charge < -0.3 is 9.88 Å². The number of H-pyrrole nitrogens is 1. The summed E-state index contributed by atoms with van der Waals surface area (Å²) in [6, 6.07) is 14.4. The Balaban J connectivity index is 1.43. The number of aryl methyl sites for hydroxylation is 1. The Labute approximate surface area is 182 Å². The number of hydrogen-bond donors (Lipinski definition) is 1. The van der Waals surface area contributed by atoms with Crippen molar-refractivity contribution < 1.29 is 13.2 Å². The first kappa shape index (κ1) is 20.3. The maximum Gasteiger partial charge on any atom is 0.243 e. The standard InChI is InChI=1S/C24H27N3O3S/c1-17-9-11-18(12-10-17)31(29,30)27-14-5-4-8-23(27)24(28)26-15-13-22-20(16-26)19-6-2-3-7-21(19)25-22/h2-3,6-7,9-12,23,25H,4-5,8,13-16H2,1H3/t23-/m0/s1. The molecule has 0 bridgehead atoms. The number of para-hydroxylation sites is 1. The average Bonchev–Trinajstić information content (AvgIpc) is 3.17. The highest BCUT2D eigenvalue weighted by Gasteiger charge is 2.40. The van der Waals surface area contributed by atoms with Gasteiger partial charge in [-0.15, -0.1) is 0 Å². The summed E-state index contributed by atoms with van der Waals surface area (Å²) in [5.74, 6) is -0.0775. The number of rotatable bonds is 3. The van der Waals surface area contributed by atoms with Gasteiger partial charge in [0, 0.05) is 48.2 Å². The number of aromatic amines is 1. The van der Waals surface area contributed by atoms with E-state index >= 15 is 0 Å². The molecule has 162 valence electrons. The lowest BCUT2D eigenvalue weighted by molar-refractivity contribution is -0.137. The normalized spacial score (nSPS) is 20.0. The fourth-order valence-corrected chi connectivity index (χ4v) is 6.50. The lowest BCUT2D eigenvalue weighted by Crippen LogP contribution is -2.53. The van der Waals surface area contributed by atoms with Crippen LogP contribution >= 0.6 is 0 Å². The van der Waals surface area contributed by atoms with Crippen LogP contribution in [-0.2, 0) is 27.8 Å². The van der Waals surface area contributed by atoms with Gasteiger partial charge in [0.1, 0.15) is 6.04 Å². The van der Waals surface area contributed by atoms with E-state index in [9.17, 15) is 13.2 Å². The minimum Gasteiger partial charge on any atom is -0.358 e. The topological polar surface area (TPSA) is 73.5 Å². The van der Waals surface area contributed by atoms with Gasteiger partial charge in [0.2, 0.25) is 15.9 Å². The van der Waals surface area contributed by atoms with E-state index in [1.807, 2.05) is 24.0 Å². The molecule has 0 saturated carbocycles. The molecular formula is C24H27N3O3S. The number of carbonyl (C=O) groups is 1. The minimum absolute atomic E-state index is 0.0775. The Kier molecular flexibility index (Phi) is 5.10. The Morgan fingerprint density at radius 3 is 2.61 bits per heavy atom. The highest BCUT2D eigenvalue weighted by molar-refractivity contribution is 7.89. The Bertz CT molecular complexity index is 1230. The van der Waals surface area contributed by atoms with Gasteiger partial charge in [-0.05, 0) is 38.0 Å². The molecule has 2 aromatic carbocycles. The first-order valence-electron chi connectivity index (χ1n) is 10.9.